The monoisotopic (exact) mass is 453 g/mol. The second-order valence-electron chi connectivity index (χ2n) is 8.48. The molecule has 2 aromatic carbocycles. The summed E-state index contributed by atoms with van der Waals surface area (Å²) in [5, 5.41) is 10.3. The van der Waals surface area contributed by atoms with E-state index in [1.807, 2.05) is 50.2 Å². The molecule has 0 saturated carbocycles. The predicted octanol–water partition coefficient (Wildman–Crippen LogP) is 5.53. The molecule has 1 aliphatic heterocycles. The minimum absolute atomic E-state index is 0.00746. The second kappa shape index (κ2) is 7.91. The number of nitrogen functional groups attached to an aromatic ring is 2. The van der Waals surface area contributed by atoms with Crippen molar-refractivity contribution in [2.45, 2.75) is 32.6 Å². The van der Waals surface area contributed by atoms with Gasteiger partial charge in [0.05, 0.1) is 22.6 Å². The number of thiophene rings is 1. The lowest BCUT2D eigenvalue weighted by molar-refractivity contribution is 0.100. The van der Waals surface area contributed by atoms with E-state index in [0.717, 1.165) is 40.9 Å². The van der Waals surface area contributed by atoms with Gasteiger partial charge in [0.2, 0.25) is 0 Å². The number of carbonyl (C=O) groups is 1. The molecule has 0 saturated heterocycles. The lowest BCUT2D eigenvalue weighted by atomic mass is 9.95. The number of nitriles is 1. The van der Waals surface area contributed by atoms with Crippen LogP contribution in [0.2, 0.25) is 0 Å². The molecule has 164 valence electrons. The number of carbonyl (C=O) groups excluding carboxylic acids is 1. The zero-order chi connectivity index (χ0) is 23.3. The van der Waals surface area contributed by atoms with Crippen molar-refractivity contribution in [3.63, 3.8) is 0 Å². The molecule has 0 bridgehead atoms. The van der Waals surface area contributed by atoms with Crippen molar-refractivity contribution < 1.29 is 4.79 Å². The number of pyridine rings is 1. The topological polar surface area (TPSA) is 109 Å². The number of para-hydroxylation sites is 2. The lowest BCUT2D eigenvalue weighted by Gasteiger charge is -2.24. The van der Waals surface area contributed by atoms with Gasteiger partial charge >= 0.3 is 0 Å². The average molecular weight is 454 g/mol. The number of fused-ring (bicyclic) bond motifs is 3. The first-order chi connectivity index (χ1) is 15.9. The van der Waals surface area contributed by atoms with Crippen molar-refractivity contribution in [3.8, 4) is 6.07 Å². The van der Waals surface area contributed by atoms with Gasteiger partial charge in [0, 0.05) is 5.39 Å². The van der Waals surface area contributed by atoms with Crippen molar-refractivity contribution in [2.24, 2.45) is 0 Å². The molecule has 0 atom stereocenters. The molecule has 0 radical (unpaired) electrons. The van der Waals surface area contributed by atoms with Crippen LogP contribution in [0, 0.1) is 11.3 Å². The van der Waals surface area contributed by atoms with Gasteiger partial charge in [-0.2, -0.15) is 5.26 Å². The van der Waals surface area contributed by atoms with E-state index in [2.05, 4.69) is 23.2 Å². The molecule has 0 unspecified atom stereocenters. The molecule has 2 aromatic heterocycles. The third-order valence-corrected chi connectivity index (χ3v) is 7.25. The first kappa shape index (κ1) is 21.0. The molecule has 4 N–H and O–H groups in total. The first-order valence-corrected chi connectivity index (χ1v) is 11.7. The minimum atomic E-state index is -0.205. The van der Waals surface area contributed by atoms with E-state index in [4.69, 9.17) is 11.5 Å². The highest BCUT2D eigenvalue weighted by Crippen LogP contribution is 2.44. The Kier molecular flexibility index (Phi) is 5.03. The Morgan fingerprint density at radius 1 is 1.06 bits per heavy atom. The number of hydrogen-bond donors (Lipinski definition) is 2. The lowest BCUT2D eigenvalue weighted by Crippen LogP contribution is -2.26. The molecule has 3 heterocycles. The van der Waals surface area contributed by atoms with Crippen LogP contribution in [0.25, 0.3) is 10.2 Å². The molecule has 0 fully saturated rings. The van der Waals surface area contributed by atoms with Crippen LogP contribution in [0.3, 0.4) is 0 Å². The Hall–Kier alpha value is -3.89. The Balaban J connectivity index is 1.76. The summed E-state index contributed by atoms with van der Waals surface area (Å²) in [6.45, 7) is 3.96. The van der Waals surface area contributed by atoms with Gasteiger partial charge in [-0.05, 0) is 47.6 Å². The second-order valence-corrected chi connectivity index (χ2v) is 9.47. The number of nitrogens with zero attached hydrogens (tertiary/aromatic N) is 3. The summed E-state index contributed by atoms with van der Waals surface area (Å²) in [5.74, 6) is -0.0459. The zero-order valence-electron chi connectivity index (χ0n) is 18.4. The number of hydrogen-bond acceptors (Lipinski definition) is 6. The SMILES string of the molecule is CC(C)c1c(C#N)c(N)nc2sc(C(=O)N3c4ccccc4CCc4ccccc43)c(N)c12. The zero-order valence-corrected chi connectivity index (χ0v) is 19.2. The van der Waals surface area contributed by atoms with Gasteiger partial charge in [-0.3, -0.25) is 9.69 Å². The third-order valence-electron chi connectivity index (χ3n) is 6.16. The number of aromatic nitrogens is 1. The van der Waals surface area contributed by atoms with E-state index >= 15 is 0 Å². The van der Waals surface area contributed by atoms with Crippen molar-refractivity contribution >= 4 is 50.3 Å². The quantitative estimate of drug-likeness (QED) is 0.414. The van der Waals surface area contributed by atoms with E-state index in [0.29, 0.717) is 26.3 Å². The van der Waals surface area contributed by atoms with E-state index in [9.17, 15) is 10.1 Å². The van der Waals surface area contributed by atoms with Gasteiger partial charge in [-0.1, -0.05) is 50.2 Å². The van der Waals surface area contributed by atoms with Crippen LogP contribution in [-0.2, 0) is 12.8 Å². The minimum Gasteiger partial charge on any atom is -0.397 e. The van der Waals surface area contributed by atoms with Crippen molar-refractivity contribution in [2.75, 3.05) is 16.4 Å². The molecule has 0 aliphatic carbocycles. The highest BCUT2D eigenvalue weighted by Gasteiger charge is 2.31. The predicted molar refractivity (Wildman–Crippen MR) is 134 cm³/mol. The molecule has 4 aromatic rings. The van der Waals surface area contributed by atoms with Crippen LogP contribution in [0.15, 0.2) is 48.5 Å². The summed E-state index contributed by atoms with van der Waals surface area (Å²) < 4.78 is 0. The van der Waals surface area contributed by atoms with Crippen molar-refractivity contribution in [3.05, 3.63) is 75.7 Å². The fraction of sp³-hybridized carbons (Fsp3) is 0.192. The van der Waals surface area contributed by atoms with Crippen LogP contribution < -0.4 is 16.4 Å². The van der Waals surface area contributed by atoms with Gasteiger partial charge in [0.1, 0.15) is 21.6 Å². The summed E-state index contributed by atoms with van der Waals surface area (Å²) in [5.41, 5.74) is 18.1. The molecule has 33 heavy (non-hydrogen) atoms. The Morgan fingerprint density at radius 2 is 1.64 bits per heavy atom. The largest absolute Gasteiger partial charge is 0.397 e. The van der Waals surface area contributed by atoms with E-state index in [1.165, 1.54) is 11.3 Å². The van der Waals surface area contributed by atoms with E-state index < -0.39 is 0 Å². The smallest absolute Gasteiger partial charge is 0.275 e. The molecule has 0 spiro atoms. The van der Waals surface area contributed by atoms with E-state index in [1.54, 1.807) is 4.90 Å². The van der Waals surface area contributed by atoms with Crippen LogP contribution in [-0.4, -0.2) is 10.9 Å². The van der Waals surface area contributed by atoms with Crippen LogP contribution in [0.4, 0.5) is 22.9 Å². The van der Waals surface area contributed by atoms with Crippen LogP contribution in [0.1, 0.15) is 51.7 Å². The molecule has 6 nitrogen and oxygen atoms in total. The number of benzene rings is 2. The highest BCUT2D eigenvalue weighted by molar-refractivity contribution is 7.21. The molecular weight excluding hydrogens is 430 g/mol. The molecule has 1 aliphatic rings. The number of nitrogens with two attached hydrogens (primary N) is 2. The third kappa shape index (κ3) is 3.22. The summed E-state index contributed by atoms with van der Waals surface area (Å²) in [4.78, 5) is 21.3. The summed E-state index contributed by atoms with van der Waals surface area (Å²) in [6.07, 6.45) is 1.69. The summed E-state index contributed by atoms with van der Waals surface area (Å²) in [6, 6.07) is 18.1. The molecule has 7 heteroatoms. The highest BCUT2D eigenvalue weighted by atomic mass is 32.1. The van der Waals surface area contributed by atoms with Crippen molar-refractivity contribution in [1.29, 1.82) is 5.26 Å². The number of anilines is 4. The number of rotatable bonds is 2. The fourth-order valence-electron chi connectivity index (χ4n) is 4.65. The summed E-state index contributed by atoms with van der Waals surface area (Å²) >= 11 is 1.23. The normalized spacial score (nSPS) is 12.8. The maximum absolute atomic E-state index is 14.1. The molecule has 1 amide bonds. The standard InChI is InChI=1S/C26H23N5OS/c1-14(2)20-17(13-27)24(29)30-25-21(20)22(28)23(33-25)26(32)31-18-9-5-3-7-15(18)11-12-16-8-4-6-10-19(16)31/h3-10,14H,11-12,28H2,1-2H3,(H2,29,30). The van der Waals surface area contributed by atoms with Crippen molar-refractivity contribution in [1.82, 2.24) is 4.98 Å². The van der Waals surface area contributed by atoms with Gasteiger partial charge in [-0.25, -0.2) is 4.98 Å². The Bertz CT molecular complexity index is 1420. The molecule has 5 rings (SSSR count). The first-order valence-electron chi connectivity index (χ1n) is 10.8. The Morgan fingerprint density at radius 3 is 2.18 bits per heavy atom. The fourth-order valence-corrected chi connectivity index (χ4v) is 5.70. The Labute approximate surface area is 196 Å². The number of amides is 1. The molecular formula is C26H23N5OS. The maximum atomic E-state index is 14.1. The van der Waals surface area contributed by atoms with Gasteiger partial charge in [0.25, 0.3) is 5.91 Å². The average Bonchev–Trinajstić information content (AvgIpc) is 3.03. The number of aryl methyl sites for hydroxylation is 2. The van der Waals surface area contributed by atoms with E-state index in [-0.39, 0.29) is 17.6 Å². The van der Waals surface area contributed by atoms with Gasteiger partial charge < -0.3 is 11.5 Å². The summed E-state index contributed by atoms with van der Waals surface area (Å²) in [7, 11) is 0. The van der Waals surface area contributed by atoms with Crippen LogP contribution >= 0.6 is 11.3 Å². The van der Waals surface area contributed by atoms with Crippen LogP contribution in [0.5, 0.6) is 0 Å². The van der Waals surface area contributed by atoms with Gasteiger partial charge in [0.15, 0.2) is 0 Å². The maximum Gasteiger partial charge on any atom is 0.275 e. The van der Waals surface area contributed by atoms with Gasteiger partial charge in [-0.15, -0.1) is 11.3 Å².